The van der Waals surface area contributed by atoms with Gasteiger partial charge in [-0.2, -0.15) is 0 Å². The van der Waals surface area contributed by atoms with Crippen LogP contribution in [0.15, 0.2) is 48.7 Å². The Balaban J connectivity index is 1.78. The second kappa shape index (κ2) is 6.08. The summed E-state index contributed by atoms with van der Waals surface area (Å²) in [7, 11) is 1.90. The Morgan fingerprint density at radius 3 is 3.00 bits per heavy atom. The lowest BCUT2D eigenvalue weighted by atomic mass is 9.93. The average molecular weight is 280 g/mol. The topological polar surface area (TPSA) is 33.2 Å². The summed E-state index contributed by atoms with van der Waals surface area (Å²) in [6.45, 7) is 0.641. The van der Waals surface area contributed by atoms with E-state index in [0.717, 1.165) is 35.7 Å². The first kappa shape index (κ1) is 13.8. The fourth-order valence-electron chi connectivity index (χ4n) is 2.97. The Labute approximate surface area is 125 Å². The normalized spacial score (nSPS) is 17.9. The number of fused-ring (bicyclic) bond motifs is 1. The number of benzene rings is 1. The van der Waals surface area contributed by atoms with Gasteiger partial charge in [-0.25, -0.2) is 0 Å². The van der Waals surface area contributed by atoms with Crippen molar-refractivity contribution in [3.63, 3.8) is 0 Å². The van der Waals surface area contributed by atoms with Crippen LogP contribution in [0, 0.1) is 5.92 Å². The highest BCUT2D eigenvalue weighted by Crippen LogP contribution is 2.22. The van der Waals surface area contributed by atoms with Gasteiger partial charge in [-0.1, -0.05) is 30.4 Å². The van der Waals surface area contributed by atoms with E-state index in [0.29, 0.717) is 6.54 Å². The predicted molar refractivity (Wildman–Crippen MR) is 84.7 cm³/mol. The molecule has 3 nitrogen and oxygen atoms in total. The van der Waals surface area contributed by atoms with Gasteiger partial charge in [0.15, 0.2) is 0 Å². The summed E-state index contributed by atoms with van der Waals surface area (Å²) in [4.78, 5) is 18.7. The zero-order chi connectivity index (χ0) is 14.7. The third kappa shape index (κ3) is 2.97. The van der Waals surface area contributed by atoms with Crippen LogP contribution in [0.2, 0.25) is 0 Å². The van der Waals surface area contributed by atoms with Crippen LogP contribution in [0.4, 0.5) is 0 Å². The van der Waals surface area contributed by atoms with Crippen LogP contribution < -0.4 is 0 Å². The van der Waals surface area contributed by atoms with Crippen molar-refractivity contribution < 1.29 is 4.79 Å². The fraction of sp³-hybridized carbons (Fsp3) is 0.333. The van der Waals surface area contributed by atoms with Crippen LogP contribution in [-0.4, -0.2) is 22.8 Å². The van der Waals surface area contributed by atoms with Crippen molar-refractivity contribution >= 4 is 16.8 Å². The number of aromatic nitrogens is 1. The molecule has 108 valence electrons. The highest BCUT2D eigenvalue weighted by Gasteiger charge is 2.22. The molecule has 0 radical (unpaired) electrons. The van der Waals surface area contributed by atoms with Gasteiger partial charge >= 0.3 is 0 Å². The number of nitrogens with zero attached hydrogens (tertiary/aromatic N) is 2. The number of amides is 1. The molecule has 0 aliphatic heterocycles. The van der Waals surface area contributed by atoms with Crippen molar-refractivity contribution in [3.05, 3.63) is 54.2 Å². The maximum Gasteiger partial charge on any atom is 0.226 e. The second-order valence-electron chi connectivity index (χ2n) is 5.66. The van der Waals surface area contributed by atoms with Gasteiger partial charge in [0, 0.05) is 31.1 Å². The smallest absolute Gasteiger partial charge is 0.226 e. The number of hydrogen-bond donors (Lipinski definition) is 0. The molecule has 0 spiro atoms. The Kier molecular flexibility index (Phi) is 4.00. The van der Waals surface area contributed by atoms with Crippen LogP contribution in [0.5, 0.6) is 0 Å². The lowest BCUT2D eigenvalue weighted by Crippen LogP contribution is -2.33. The molecule has 3 rings (SSSR count). The van der Waals surface area contributed by atoms with E-state index in [1.165, 1.54) is 0 Å². The van der Waals surface area contributed by atoms with E-state index in [-0.39, 0.29) is 11.8 Å². The number of allylic oxidation sites excluding steroid dienone is 2. The maximum absolute atomic E-state index is 12.5. The molecular weight excluding hydrogens is 260 g/mol. The van der Waals surface area contributed by atoms with Crippen LogP contribution in [-0.2, 0) is 11.3 Å². The third-order valence-electron chi connectivity index (χ3n) is 4.14. The van der Waals surface area contributed by atoms with Crippen molar-refractivity contribution in [1.29, 1.82) is 0 Å². The van der Waals surface area contributed by atoms with E-state index >= 15 is 0 Å². The van der Waals surface area contributed by atoms with Crippen LogP contribution >= 0.6 is 0 Å². The van der Waals surface area contributed by atoms with Gasteiger partial charge in [0.1, 0.15) is 0 Å². The molecular formula is C18H20N2O. The number of hydrogen-bond acceptors (Lipinski definition) is 2. The zero-order valence-electron chi connectivity index (χ0n) is 12.3. The molecule has 1 aliphatic carbocycles. The highest BCUT2D eigenvalue weighted by atomic mass is 16.2. The quantitative estimate of drug-likeness (QED) is 0.806. The minimum Gasteiger partial charge on any atom is -0.341 e. The van der Waals surface area contributed by atoms with Crippen LogP contribution in [0.1, 0.15) is 24.8 Å². The van der Waals surface area contributed by atoms with Gasteiger partial charge in [-0.3, -0.25) is 9.78 Å². The van der Waals surface area contributed by atoms with E-state index in [2.05, 4.69) is 29.3 Å². The predicted octanol–water partition coefficient (Wildman–Crippen LogP) is 3.55. The average Bonchev–Trinajstić information content (AvgIpc) is 2.55. The highest BCUT2D eigenvalue weighted by molar-refractivity contribution is 5.83. The first-order valence-electron chi connectivity index (χ1n) is 7.48. The van der Waals surface area contributed by atoms with Crippen LogP contribution in [0.25, 0.3) is 10.9 Å². The molecule has 2 aromatic rings. The number of carbonyl (C=O) groups is 1. The largest absolute Gasteiger partial charge is 0.341 e. The summed E-state index contributed by atoms with van der Waals surface area (Å²) in [5, 5.41) is 1.13. The second-order valence-corrected chi connectivity index (χ2v) is 5.66. The van der Waals surface area contributed by atoms with Gasteiger partial charge in [0.2, 0.25) is 5.91 Å². The summed E-state index contributed by atoms with van der Waals surface area (Å²) in [6.07, 6.45) is 8.96. The molecule has 0 bridgehead atoms. The van der Waals surface area contributed by atoms with E-state index in [4.69, 9.17) is 0 Å². The molecule has 0 saturated heterocycles. The number of rotatable bonds is 3. The maximum atomic E-state index is 12.5. The molecule has 1 aromatic heterocycles. The number of pyridine rings is 1. The fourth-order valence-corrected chi connectivity index (χ4v) is 2.97. The van der Waals surface area contributed by atoms with Gasteiger partial charge in [-0.05, 0) is 37.0 Å². The summed E-state index contributed by atoms with van der Waals surface area (Å²) < 4.78 is 0. The van der Waals surface area contributed by atoms with Crippen molar-refractivity contribution in [2.75, 3.05) is 7.05 Å². The van der Waals surface area contributed by atoms with E-state index in [1.807, 2.05) is 30.1 Å². The van der Waals surface area contributed by atoms with Crippen molar-refractivity contribution in [1.82, 2.24) is 9.88 Å². The monoisotopic (exact) mass is 280 g/mol. The minimum absolute atomic E-state index is 0.146. The zero-order valence-corrected chi connectivity index (χ0v) is 12.3. The SMILES string of the molecule is CN(Cc1cccc2ncccc12)C(=O)C1CC=CCC1. The van der Waals surface area contributed by atoms with Crippen molar-refractivity contribution in [2.45, 2.75) is 25.8 Å². The molecule has 1 atom stereocenters. The molecule has 1 aromatic carbocycles. The first-order chi connectivity index (χ1) is 10.3. The summed E-state index contributed by atoms with van der Waals surface area (Å²) in [5.41, 5.74) is 2.14. The lowest BCUT2D eigenvalue weighted by molar-refractivity contribution is -0.134. The Hall–Kier alpha value is -2.16. The number of carbonyl (C=O) groups excluding carboxylic acids is 1. The summed E-state index contributed by atoms with van der Waals surface area (Å²) in [5.74, 6) is 0.397. The lowest BCUT2D eigenvalue weighted by Gasteiger charge is -2.25. The molecule has 1 aliphatic rings. The van der Waals surface area contributed by atoms with Crippen LogP contribution in [0.3, 0.4) is 0 Å². The van der Waals surface area contributed by atoms with Crippen molar-refractivity contribution in [3.8, 4) is 0 Å². The van der Waals surface area contributed by atoms with E-state index in [1.54, 1.807) is 6.20 Å². The minimum atomic E-state index is 0.146. The molecule has 3 heteroatoms. The van der Waals surface area contributed by atoms with Gasteiger partial charge in [0.05, 0.1) is 5.52 Å². The Morgan fingerprint density at radius 1 is 1.29 bits per heavy atom. The van der Waals surface area contributed by atoms with Crippen molar-refractivity contribution in [2.24, 2.45) is 5.92 Å². The van der Waals surface area contributed by atoms with E-state index < -0.39 is 0 Å². The van der Waals surface area contributed by atoms with E-state index in [9.17, 15) is 4.79 Å². The van der Waals surface area contributed by atoms with Gasteiger partial charge < -0.3 is 4.90 Å². The Morgan fingerprint density at radius 2 is 2.19 bits per heavy atom. The molecule has 0 fully saturated rings. The summed E-state index contributed by atoms with van der Waals surface area (Å²) >= 11 is 0. The molecule has 0 N–H and O–H groups in total. The standard InChI is InChI=1S/C18H20N2O/c1-20(18(21)14-7-3-2-4-8-14)13-15-9-5-11-17-16(15)10-6-12-19-17/h2-3,5-6,9-12,14H,4,7-8,13H2,1H3. The molecule has 21 heavy (non-hydrogen) atoms. The van der Waals surface area contributed by atoms with Gasteiger partial charge in [-0.15, -0.1) is 0 Å². The molecule has 1 heterocycles. The van der Waals surface area contributed by atoms with Gasteiger partial charge in [0.25, 0.3) is 0 Å². The molecule has 0 saturated carbocycles. The first-order valence-corrected chi connectivity index (χ1v) is 7.48. The third-order valence-corrected chi connectivity index (χ3v) is 4.14. The summed E-state index contributed by atoms with van der Waals surface area (Å²) in [6, 6.07) is 10.1. The molecule has 1 unspecified atom stereocenters. The molecule has 1 amide bonds. The Bertz CT molecular complexity index is 672.